The number of likely N-dealkylation sites (tertiary alicyclic amines) is 1. The normalized spacial score (nSPS) is 20.0. The molecule has 1 unspecified atom stereocenters. The number of carbonyl (C=O) groups is 1. The maximum Gasteiger partial charge on any atom is 0.240 e. The SMILES string of the molecule is CN1CC(CNS(=O)(=O)c2ccc(Br)cc2)CC1=O. The van der Waals surface area contributed by atoms with Crippen LogP contribution < -0.4 is 4.72 Å². The molecule has 0 radical (unpaired) electrons. The molecule has 1 aliphatic rings. The molecule has 1 heterocycles. The van der Waals surface area contributed by atoms with Gasteiger partial charge in [0, 0.05) is 31.0 Å². The van der Waals surface area contributed by atoms with Crippen molar-refractivity contribution in [2.45, 2.75) is 11.3 Å². The lowest BCUT2D eigenvalue weighted by atomic mass is 10.1. The minimum Gasteiger partial charge on any atom is -0.345 e. The zero-order chi connectivity index (χ0) is 14.0. The number of amides is 1. The molecule has 1 aromatic carbocycles. The fourth-order valence-corrected chi connectivity index (χ4v) is 3.40. The van der Waals surface area contributed by atoms with E-state index in [2.05, 4.69) is 20.7 Å². The number of sulfonamides is 1. The highest BCUT2D eigenvalue weighted by Gasteiger charge is 2.27. The molecule has 0 saturated carbocycles. The highest BCUT2D eigenvalue weighted by molar-refractivity contribution is 9.10. The van der Waals surface area contributed by atoms with Crippen molar-refractivity contribution >= 4 is 31.9 Å². The topological polar surface area (TPSA) is 66.5 Å². The van der Waals surface area contributed by atoms with E-state index in [4.69, 9.17) is 0 Å². The Kier molecular flexibility index (Phi) is 4.27. The molecule has 1 N–H and O–H groups in total. The summed E-state index contributed by atoms with van der Waals surface area (Å²) in [6, 6.07) is 6.44. The van der Waals surface area contributed by atoms with Crippen LogP contribution in [0.1, 0.15) is 6.42 Å². The number of hydrogen-bond donors (Lipinski definition) is 1. The molecular formula is C12H15BrN2O3S. The van der Waals surface area contributed by atoms with Crippen LogP contribution in [0.15, 0.2) is 33.6 Å². The highest BCUT2D eigenvalue weighted by Crippen LogP contribution is 2.17. The van der Waals surface area contributed by atoms with Crippen molar-refractivity contribution in [1.29, 1.82) is 0 Å². The van der Waals surface area contributed by atoms with Gasteiger partial charge in [0.15, 0.2) is 0 Å². The van der Waals surface area contributed by atoms with Crippen LogP contribution in [0.2, 0.25) is 0 Å². The summed E-state index contributed by atoms with van der Waals surface area (Å²) in [6.45, 7) is 0.885. The van der Waals surface area contributed by atoms with Gasteiger partial charge in [-0.05, 0) is 30.2 Å². The van der Waals surface area contributed by atoms with Crippen molar-refractivity contribution in [3.05, 3.63) is 28.7 Å². The number of halogens is 1. The lowest BCUT2D eigenvalue weighted by Crippen LogP contribution is -2.30. The lowest BCUT2D eigenvalue weighted by Gasteiger charge is -2.11. The lowest BCUT2D eigenvalue weighted by molar-refractivity contribution is -0.126. The number of hydrogen-bond acceptors (Lipinski definition) is 3. The molecule has 0 aliphatic carbocycles. The van der Waals surface area contributed by atoms with Gasteiger partial charge in [0.1, 0.15) is 0 Å². The van der Waals surface area contributed by atoms with E-state index in [1.165, 1.54) is 0 Å². The minimum atomic E-state index is -3.50. The molecule has 1 saturated heterocycles. The van der Waals surface area contributed by atoms with E-state index in [1.54, 1.807) is 36.2 Å². The summed E-state index contributed by atoms with van der Waals surface area (Å²) in [5.74, 6) is 0.107. The number of nitrogens with one attached hydrogen (secondary N) is 1. The van der Waals surface area contributed by atoms with Crippen LogP contribution >= 0.6 is 15.9 Å². The van der Waals surface area contributed by atoms with E-state index in [-0.39, 0.29) is 23.3 Å². The van der Waals surface area contributed by atoms with Crippen molar-refractivity contribution in [2.24, 2.45) is 5.92 Å². The van der Waals surface area contributed by atoms with Crippen LogP contribution in [0.5, 0.6) is 0 Å². The predicted molar refractivity (Wildman–Crippen MR) is 75.1 cm³/mol. The first-order valence-corrected chi connectivity index (χ1v) is 8.15. The van der Waals surface area contributed by atoms with Crippen LogP contribution in [-0.2, 0) is 14.8 Å². The van der Waals surface area contributed by atoms with Crippen molar-refractivity contribution in [3.63, 3.8) is 0 Å². The standard InChI is InChI=1S/C12H15BrN2O3S/c1-15-8-9(6-12(15)16)7-14-19(17,18)11-4-2-10(13)3-5-11/h2-5,9,14H,6-8H2,1H3. The van der Waals surface area contributed by atoms with Gasteiger partial charge in [0.25, 0.3) is 0 Å². The molecule has 1 amide bonds. The third-order valence-corrected chi connectivity index (χ3v) is 5.08. The molecule has 2 rings (SSSR count). The number of carbonyl (C=O) groups excluding carboxylic acids is 1. The van der Waals surface area contributed by atoms with Gasteiger partial charge in [-0.25, -0.2) is 13.1 Å². The summed E-state index contributed by atoms with van der Waals surface area (Å²) in [4.78, 5) is 13.2. The molecule has 5 nitrogen and oxygen atoms in total. The van der Waals surface area contributed by atoms with E-state index in [0.717, 1.165) is 4.47 Å². The van der Waals surface area contributed by atoms with Crippen LogP contribution in [0, 0.1) is 5.92 Å². The Labute approximate surface area is 121 Å². The fraction of sp³-hybridized carbons (Fsp3) is 0.417. The quantitative estimate of drug-likeness (QED) is 0.890. The first kappa shape index (κ1) is 14.5. The summed E-state index contributed by atoms with van der Waals surface area (Å²) in [6.07, 6.45) is 0.402. The second-order valence-electron chi connectivity index (χ2n) is 4.65. The van der Waals surface area contributed by atoms with Crippen molar-refractivity contribution in [2.75, 3.05) is 20.1 Å². The largest absolute Gasteiger partial charge is 0.345 e. The molecule has 104 valence electrons. The van der Waals surface area contributed by atoms with Gasteiger partial charge in [-0.15, -0.1) is 0 Å². The summed E-state index contributed by atoms with van der Waals surface area (Å²) < 4.78 is 27.5. The summed E-state index contributed by atoms with van der Waals surface area (Å²) >= 11 is 3.26. The van der Waals surface area contributed by atoms with E-state index in [1.807, 2.05) is 0 Å². The van der Waals surface area contributed by atoms with Gasteiger partial charge >= 0.3 is 0 Å². The molecule has 19 heavy (non-hydrogen) atoms. The Morgan fingerprint density at radius 3 is 2.53 bits per heavy atom. The molecular weight excluding hydrogens is 332 g/mol. The number of rotatable bonds is 4. The Hall–Kier alpha value is -0.920. The maximum atomic E-state index is 12.0. The van der Waals surface area contributed by atoms with Crippen LogP contribution in [0.25, 0.3) is 0 Å². The molecule has 7 heteroatoms. The van der Waals surface area contributed by atoms with Gasteiger partial charge < -0.3 is 4.90 Å². The average Bonchev–Trinajstić information content (AvgIpc) is 2.67. The van der Waals surface area contributed by atoms with Crippen molar-refractivity contribution in [1.82, 2.24) is 9.62 Å². The molecule has 0 spiro atoms. The van der Waals surface area contributed by atoms with E-state index in [0.29, 0.717) is 13.0 Å². The smallest absolute Gasteiger partial charge is 0.240 e. The van der Waals surface area contributed by atoms with Gasteiger partial charge in [-0.1, -0.05) is 15.9 Å². The molecule has 1 aliphatic heterocycles. The Morgan fingerprint density at radius 1 is 1.37 bits per heavy atom. The minimum absolute atomic E-state index is 0.0442. The Morgan fingerprint density at radius 2 is 2.00 bits per heavy atom. The predicted octanol–water partition coefficient (Wildman–Crippen LogP) is 1.21. The molecule has 1 fully saturated rings. The average molecular weight is 347 g/mol. The zero-order valence-corrected chi connectivity index (χ0v) is 12.9. The Bertz CT molecular complexity index is 571. The van der Waals surface area contributed by atoms with E-state index < -0.39 is 10.0 Å². The summed E-state index contributed by atoms with van der Waals surface area (Å²) in [5, 5.41) is 0. The third kappa shape index (κ3) is 3.55. The summed E-state index contributed by atoms with van der Waals surface area (Å²) in [7, 11) is -1.77. The monoisotopic (exact) mass is 346 g/mol. The summed E-state index contributed by atoms with van der Waals surface area (Å²) in [5.41, 5.74) is 0. The second-order valence-corrected chi connectivity index (χ2v) is 7.33. The van der Waals surface area contributed by atoms with E-state index >= 15 is 0 Å². The number of nitrogens with zero attached hydrogens (tertiary/aromatic N) is 1. The van der Waals surface area contributed by atoms with Crippen LogP contribution in [0.4, 0.5) is 0 Å². The van der Waals surface area contributed by atoms with Crippen molar-refractivity contribution in [3.8, 4) is 0 Å². The first-order chi connectivity index (χ1) is 8.88. The zero-order valence-electron chi connectivity index (χ0n) is 10.5. The highest BCUT2D eigenvalue weighted by atomic mass is 79.9. The third-order valence-electron chi connectivity index (χ3n) is 3.11. The van der Waals surface area contributed by atoms with Gasteiger partial charge in [0.05, 0.1) is 4.90 Å². The van der Waals surface area contributed by atoms with Crippen LogP contribution in [0.3, 0.4) is 0 Å². The van der Waals surface area contributed by atoms with Crippen molar-refractivity contribution < 1.29 is 13.2 Å². The van der Waals surface area contributed by atoms with E-state index in [9.17, 15) is 13.2 Å². The molecule has 0 aromatic heterocycles. The molecule has 1 aromatic rings. The van der Waals surface area contributed by atoms with Crippen LogP contribution in [-0.4, -0.2) is 39.4 Å². The fourth-order valence-electron chi connectivity index (χ4n) is 2.02. The first-order valence-electron chi connectivity index (χ1n) is 5.87. The molecule has 0 bridgehead atoms. The maximum absolute atomic E-state index is 12.0. The van der Waals surface area contributed by atoms with Gasteiger partial charge in [0.2, 0.25) is 15.9 Å². The molecule has 1 atom stereocenters. The number of benzene rings is 1. The second kappa shape index (κ2) is 5.60. The van der Waals surface area contributed by atoms with Gasteiger partial charge in [-0.2, -0.15) is 0 Å². The van der Waals surface area contributed by atoms with Gasteiger partial charge in [-0.3, -0.25) is 4.79 Å². The Balaban J connectivity index is 1.99.